The average Bonchev–Trinajstić information content (AvgIpc) is 3.15. The number of benzene rings is 2. The molecule has 140 valence electrons. The van der Waals surface area contributed by atoms with Gasteiger partial charge in [0.2, 0.25) is 5.91 Å². The number of hydrogen-bond acceptors (Lipinski definition) is 4. The highest BCUT2D eigenvalue weighted by Crippen LogP contribution is 2.34. The van der Waals surface area contributed by atoms with Crippen LogP contribution in [0.1, 0.15) is 37.7 Å². The van der Waals surface area contributed by atoms with E-state index in [0.717, 1.165) is 52.3 Å². The molecule has 1 fully saturated rings. The minimum Gasteiger partial charge on any atom is -0.497 e. The molecule has 1 aliphatic rings. The number of carbonyl (C=O) groups is 1. The van der Waals surface area contributed by atoms with Crippen molar-refractivity contribution in [1.82, 2.24) is 4.98 Å². The summed E-state index contributed by atoms with van der Waals surface area (Å²) >= 11 is 1.56. The van der Waals surface area contributed by atoms with Gasteiger partial charge in [-0.15, -0.1) is 0 Å². The van der Waals surface area contributed by atoms with Gasteiger partial charge in [-0.25, -0.2) is 4.98 Å². The molecule has 1 aromatic heterocycles. The molecule has 0 unspecified atom stereocenters. The molecule has 1 amide bonds. The molecule has 4 rings (SSSR count). The van der Waals surface area contributed by atoms with Crippen LogP contribution in [-0.2, 0) is 11.3 Å². The molecular formula is C22H24N2O2S. The van der Waals surface area contributed by atoms with Crippen LogP contribution in [0.25, 0.3) is 10.2 Å². The zero-order chi connectivity index (χ0) is 18.6. The van der Waals surface area contributed by atoms with Gasteiger partial charge in [-0.05, 0) is 36.6 Å². The Bertz CT molecular complexity index is 916. The van der Waals surface area contributed by atoms with E-state index in [1.54, 1.807) is 18.4 Å². The summed E-state index contributed by atoms with van der Waals surface area (Å²) in [6.45, 7) is 0.563. The zero-order valence-electron chi connectivity index (χ0n) is 15.6. The van der Waals surface area contributed by atoms with E-state index in [2.05, 4.69) is 12.1 Å². The first-order valence-corrected chi connectivity index (χ1v) is 10.4. The van der Waals surface area contributed by atoms with Crippen LogP contribution < -0.4 is 9.64 Å². The van der Waals surface area contributed by atoms with Crippen LogP contribution in [0, 0.1) is 5.92 Å². The van der Waals surface area contributed by atoms with Gasteiger partial charge in [-0.2, -0.15) is 0 Å². The maximum atomic E-state index is 13.4. The topological polar surface area (TPSA) is 42.4 Å². The molecule has 0 saturated heterocycles. The van der Waals surface area contributed by atoms with Crippen LogP contribution in [0.2, 0.25) is 0 Å². The Morgan fingerprint density at radius 2 is 1.93 bits per heavy atom. The van der Waals surface area contributed by atoms with Crippen molar-refractivity contribution in [2.24, 2.45) is 5.92 Å². The summed E-state index contributed by atoms with van der Waals surface area (Å²) in [6.07, 6.45) is 5.51. The third-order valence-electron chi connectivity index (χ3n) is 5.22. The molecule has 5 heteroatoms. The number of rotatable bonds is 5. The van der Waals surface area contributed by atoms with Crippen LogP contribution in [-0.4, -0.2) is 18.0 Å². The fourth-order valence-electron chi connectivity index (χ4n) is 3.71. The molecule has 27 heavy (non-hydrogen) atoms. The summed E-state index contributed by atoms with van der Waals surface area (Å²) in [5, 5.41) is 0.776. The Balaban J connectivity index is 1.69. The van der Waals surface area contributed by atoms with Crippen molar-refractivity contribution in [2.75, 3.05) is 12.0 Å². The number of aromatic nitrogens is 1. The lowest BCUT2D eigenvalue weighted by atomic mass is 9.88. The molecule has 1 saturated carbocycles. The zero-order valence-corrected chi connectivity index (χ0v) is 16.4. The minimum atomic E-state index is 0.115. The highest BCUT2D eigenvalue weighted by Gasteiger charge is 2.28. The van der Waals surface area contributed by atoms with E-state index in [0.29, 0.717) is 6.54 Å². The summed E-state index contributed by atoms with van der Waals surface area (Å²) < 4.78 is 6.37. The van der Waals surface area contributed by atoms with E-state index < -0.39 is 0 Å². The number of hydrogen-bond donors (Lipinski definition) is 0. The van der Waals surface area contributed by atoms with Crippen molar-refractivity contribution in [2.45, 2.75) is 38.6 Å². The molecule has 0 N–H and O–H groups in total. The molecule has 0 aliphatic heterocycles. The Morgan fingerprint density at radius 1 is 1.15 bits per heavy atom. The molecule has 0 atom stereocenters. The fraction of sp³-hybridized carbons (Fsp3) is 0.364. The normalized spacial score (nSPS) is 15.0. The van der Waals surface area contributed by atoms with Crippen LogP contribution in [0.4, 0.5) is 5.13 Å². The van der Waals surface area contributed by atoms with E-state index in [1.807, 2.05) is 41.3 Å². The van der Waals surface area contributed by atoms with Crippen LogP contribution in [0.5, 0.6) is 5.75 Å². The molecule has 4 nitrogen and oxygen atoms in total. The number of anilines is 1. The number of carbonyl (C=O) groups excluding carboxylic acids is 1. The van der Waals surface area contributed by atoms with Crippen molar-refractivity contribution in [3.63, 3.8) is 0 Å². The summed E-state index contributed by atoms with van der Waals surface area (Å²) in [5.41, 5.74) is 2.03. The van der Waals surface area contributed by atoms with Gasteiger partial charge in [-0.1, -0.05) is 60.9 Å². The number of amides is 1. The Morgan fingerprint density at radius 3 is 2.67 bits per heavy atom. The Hall–Kier alpha value is -2.40. The molecule has 2 aromatic carbocycles. The second kappa shape index (κ2) is 8.09. The minimum absolute atomic E-state index is 0.115. The van der Waals surface area contributed by atoms with E-state index in [-0.39, 0.29) is 11.8 Å². The molecule has 0 radical (unpaired) electrons. The monoisotopic (exact) mass is 380 g/mol. The van der Waals surface area contributed by atoms with Crippen LogP contribution in [0.15, 0.2) is 48.5 Å². The summed E-state index contributed by atoms with van der Waals surface area (Å²) in [4.78, 5) is 20.0. The maximum absolute atomic E-state index is 13.4. The van der Waals surface area contributed by atoms with E-state index in [4.69, 9.17) is 9.72 Å². The molecule has 0 bridgehead atoms. The number of fused-ring (bicyclic) bond motifs is 1. The number of methoxy groups -OCH3 is 1. The predicted molar refractivity (Wildman–Crippen MR) is 110 cm³/mol. The fourth-order valence-corrected chi connectivity index (χ4v) is 4.71. The van der Waals surface area contributed by atoms with Gasteiger partial charge in [0.15, 0.2) is 5.13 Å². The van der Waals surface area contributed by atoms with Gasteiger partial charge < -0.3 is 4.74 Å². The lowest BCUT2D eigenvalue weighted by Crippen LogP contribution is -2.36. The summed E-state index contributed by atoms with van der Waals surface area (Å²) in [5.74, 6) is 1.14. The van der Waals surface area contributed by atoms with E-state index in [1.165, 1.54) is 6.42 Å². The van der Waals surface area contributed by atoms with Crippen molar-refractivity contribution >= 4 is 32.6 Å². The van der Waals surface area contributed by atoms with Crippen LogP contribution >= 0.6 is 11.3 Å². The van der Waals surface area contributed by atoms with Gasteiger partial charge >= 0.3 is 0 Å². The molecule has 1 heterocycles. The summed E-state index contributed by atoms with van der Waals surface area (Å²) in [6, 6.07) is 16.0. The second-order valence-corrected chi connectivity index (χ2v) is 8.08. The highest BCUT2D eigenvalue weighted by molar-refractivity contribution is 7.22. The van der Waals surface area contributed by atoms with E-state index in [9.17, 15) is 4.79 Å². The van der Waals surface area contributed by atoms with Gasteiger partial charge in [0.1, 0.15) is 5.75 Å². The van der Waals surface area contributed by atoms with Gasteiger partial charge in [0.05, 0.1) is 23.9 Å². The average molecular weight is 381 g/mol. The molecule has 0 spiro atoms. The number of ether oxygens (including phenoxy) is 1. The molecule has 1 aliphatic carbocycles. The lowest BCUT2D eigenvalue weighted by molar-refractivity contribution is -0.123. The first-order chi connectivity index (χ1) is 13.2. The largest absolute Gasteiger partial charge is 0.497 e. The van der Waals surface area contributed by atoms with Crippen molar-refractivity contribution < 1.29 is 9.53 Å². The maximum Gasteiger partial charge on any atom is 0.232 e. The third-order valence-corrected chi connectivity index (χ3v) is 6.26. The smallest absolute Gasteiger partial charge is 0.232 e. The third kappa shape index (κ3) is 3.98. The molecular weight excluding hydrogens is 356 g/mol. The SMILES string of the molecule is COc1ccc2nc(N(Cc3ccccc3)C(=O)C3CCCCC3)sc2c1. The Labute approximate surface area is 163 Å². The van der Waals surface area contributed by atoms with Crippen LogP contribution in [0.3, 0.4) is 0 Å². The second-order valence-electron chi connectivity index (χ2n) is 7.08. The number of thiazole rings is 1. The number of nitrogens with zero attached hydrogens (tertiary/aromatic N) is 2. The standard InChI is InChI=1S/C22H24N2O2S/c1-26-18-12-13-19-20(14-18)27-22(23-19)24(15-16-8-4-2-5-9-16)21(25)17-10-6-3-7-11-17/h2,4-5,8-9,12-14,17H,3,6-7,10-11,15H2,1H3. The van der Waals surface area contributed by atoms with Gasteiger partial charge in [-0.3, -0.25) is 9.69 Å². The van der Waals surface area contributed by atoms with Crippen molar-refractivity contribution in [3.8, 4) is 5.75 Å². The quantitative estimate of drug-likeness (QED) is 0.594. The first kappa shape index (κ1) is 18.0. The van der Waals surface area contributed by atoms with Crippen molar-refractivity contribution in [1.29, 1.82) is 0 Å². The first-order valence-electron chi connectivity index (χ1n) is 9.54. The summed E-state index contributed by atoms with van der Waals surface area (Å²) in [7, 11) is 1.66. The van der Waals surface area contributed by atoms with E-state index >= 15 is 0 Å². The predicted octanol–water partition coefficient (Wildman–Crippen LogP) is 5.42. The highest BCUT2D eigenvalue weighted by atomic mass is 32.1. The van der Waals surface area contributed by atoms with Gasteiger partial charge in [0, 0.05) is 5.92 Å². The van der Waals surface area contributed by atoms with Gasteiger partial charge in [0.25, 0.3) is 0 Å². The molecule has 3 aromatic rings. The lowest BCUT2D eigenvalue weighted by Gasteiger charge is -2.27. The van der Waals surface area contributed by atoms with Crippen molar-refractivity contribution in [3.05, 3.63) is 54.1 Å². The Kier molecular flexibility index (Phi) is 5.39.